The smallest absolute Gasteiger partial charge is 0.339 e. The molecular weight excluding hydrogens is 1750 g/mol. The summed E-state index contributed by atoms with van der Waals surface area (Å²) < 4.78 is 68.4. The van der Waals surface area contributed by atoms with Crippen LogP contribution in [0.4, 0.5) is 0 Å². The SMILES string of the molecule is C=CC(=O)OCC(COC1C=CC(C2(C3=CCC(OCC(COC(=O)C=C)OC(=O)C4CC=CCC4C(=O)O)C=C3)c3ccccc3C3C=CC=CC32)=CC1)OC(=O)c1cc(-c2ccc(C(C)=O)c(C(=O)O)c2)ccc1C(=O)O.C=CC(=O)OCC(COc1ccc(C2(c3ccc(OCC(COC(=O)C=C)OC(=O)C4CC=CCC4C(=O)O)cc3)c3ccccc3-c3ccccc32)cc1)OC. The summed E-state index contributed by atoms with van der Waals surface area (Å²) in [6.07, 6.45) is 28.4. The molecule has 702 valence electrons. The number of carbonyl (C=O) groups is 12. The summed E-state index contributed by atoms with van der Waals surface area (Å²) in [5.74, 6) is -13.3. The van der Waals surface area contributed by atoms with Crippen molar-refractivity contribution in [3.05, 3.63) is 360 Å². The van der Waals surface area contributed by atoms with E-state index >= 15 is 0 Å². The molecule has 0 radical (unpaired) electrons. The molecule has 4 N–H and O–H groups in total. The first kappa shape index (κ1) is 98.2. The molecule has 136 heavy (non-hydrogen) atoms. The molecule has 0 saturated heterocycles. The van der Waals surface area contributed by atoms with E-state index < -0.39 is 155 Å². The minimum absolute atomic E-state index is 0.0237. The van der Waals surface area contributed by atoms with Crippen LogP contribution in [0.5, 0.6) is 11.5 Å². The van der Waals surface area contributed by atoms with Crippen LogP contribution in [0.3, 0.4) is 0 Å². The summed E-state index contributed by atoms with van der Waals surface area (Å²) in [5, 5.41) is 39.4. The number of hydrogen-bond donors (Lipinski definition) is 4. The fourth-order valence-corrected chi connectivity index (χ4v) is 18.2. The zero-order valence-corrected chi connectivity index (χ0v) is 74.6. The number of ketones is 1. The molecule has 0 bridgehead atoms. The van der Waals surface area contributed by atoms with E-state index in [1.807, 2.05) is 121 Å². The molecule has 13 atom stereocenters. The Hall–Kier alpha value is -15.3. The maximum Gasteiger partial charge on any atom is 0.339 e. The van der Waals surface area contributed by atoms with Gasteiger partial charge in [0.2, 0.25) is 0 Å². The number of carbonyl (C=O) groups excluding carboxylic acids is 8. The van der Waals surface area contributed by atoms with Crippen molar-refractivity contribution in [3.63, 3.8) is 0 Å². The molecule has 13 unspecified atom stereocenters. The molecule has 7 aliphatic rings. The lowest BCUT2D eigenvalue weighted by Gasteiger charge is -2.42. The number of aromatic carboxylic acids is 2. The van der Waals surface area contributed by atoms with Crippen LogP contribution in [0, 0.1) is 29.6 Å². The standard InChI is InChI=1S/C62H58O17.C46H44O11/c1-4-55(64)76-34-43(78-60(72)50-15-7-6-14-48(50)57(66)67)32-74-41-24-20-39(21-25-41)62(53-16-10-8-12-46(53)47-13-9-11-17-54(47)62)40-22-26-42(27-23-40)75-33-44(35-77-56(65)5-2)79-61(73)52-31-38(19-29-49(52)58(68)69)37-18-28-45(36(3)63)51(30-37)59(70)71;1-4-42(47)55-27-34(52-3)26-53-32-22-18-30(19-23-32)46(40-16-10-8-12-36(40)37-13-9-11-17-41(37)46)31-20-24-33(25-21-31)54-28-35(29-56-43(48)5-2)57-45(51)39-15-7-6-14-38(39)44(49)50/h4-13,16-24,26,28-31,41-44,46,48,50,53H,1-2,14-15,25,27,32-35H2,3H3,(H,66,67)(H,68,69)(H,70,71);4-13,16-25,34-35,38-39H,1-2,14-15,26-29H2,3H3,(H,49,50). The van der Waals surface area contributed by atoms with Crippen molar-refractivity contribution in [1.82, 2.24) is 0 Å². The molecule has 0 aromatic heterocycles. The topological polar surface area (TPSA) is 397 Å². The van der Waals surface area contributed by atoms with Gasteiger partial charge in [-0.15, -0.1) is 0 Å². The Bertz CT molecular complexity index is 5970. The van der Waals surface area contributed by atoms with Crippen molar-refractivity contribution in [2.75, 3.05) is 60.0 Å². The van der Waals surface area contributed by atoms with Crippen LogP contribution in [0.2, 0.25) is 0 Å². The Kier molecular flexibility index (Phi) is 32.8. The van der Waals surface area contributed by atoms with Crippen LogP contribution in [0.15, 0.2) is 305 Å². The van der Waals surface area contributed by atoms with Crippen molar-refractivity contribution in [1.29, 1.82) is 0 Å². The minimum atomic E-state index is -1.44. The largest absolute Gasteiger partial charge is 0.491 e. The van der Waals surface area contributed by atoms with Gasteiger partial charge in [0.15, 0.2) is 24.1 Å². The van der Waals surface area contributed by atoms with Gasteiger partial charge in [-0.25, -0.2) is 33.6 Å². The van der Waals surface area contributed by atoms with E-state index in [0.29, 0.717) is 24.3 Å². The Balaban J connectivity index is 0.000000242. The molecule has 7 aliphatic carbocycles. The van der Waals surface area contributed by atoms with E-state index in [2.05, 4.69) is 87.0 Å². The van der Waals surface area contributed by atoms with E-state index in [1.54, 1.807) is 24.3 Å². The van der Waals surface area contributed by atoms with Gasteiger partial charge in [-0.2, -0.15) is 0 Å². The quantitative estimate of drug-likeness (QED) is 0.00909. The normalized spacial score (nSPS) is 20.6. The summed E-state index contributed by atoms with van der Waals surface area (Å²) in [6.45, 7) is 13.4. The number of ether oxygens (including phenoxy) is 12. The second-order valence-electron chi connectivity index (χ2n) is 33.0. The predicted octanol–water partition coefficient (Wildman–Crippen LogP) is 15.7. The third-order valence-electron chi connectivity index (χ3n) is 24.8. The van der Waals surface area contributed by atoms with Crippen molar-refractivity contribution in [2.24, 2.45) is 29.6 Å². The maximum absolute atomic E-state index is 14.0. The molecule has 0 aliphatic heterocycles. The molecule has 0 saturated carbocycles. The van der Waals surface area contributed by atoms with Crippen LogP contribution < -0.4 is 9.47 Å². The first-order valence-electron chi connectivity index (χ1n) is 44.2. The van der Waals surface area contributed by atoms with Gasteiger partial charge in [-0.3, -0.25) is 24.0 Å². The molecule has 0 amide bonds. The molecule has 0 fully saturated rings. The van der Waals surface area contributed by atoms with Crippen LogP contribution >= 0.6 is 0 Å². The van der Waals surface area contributed by atoms with Crippen molar-refractivity contribution < 1.29 is 135 Å². The minimum Gasteiger partial charge on any atom is -0.491 e. The average Bonchev–Trinajstić information content (AvgIpc) is 1.54. The van der Waals surface area contributed by atoms with E-state index in [-0.39, 0.29) is 112 Å². The zero-order valence-electron chi connectivity index (χ0n) is 74.6. The van der Waals surface area contributed by atoms with Gasteiger partial charge in [-0.05, 0) is 161 Å². The Morgan fingerprint density at radius 1 is 0.412 bits per heavy atom. The number of carboxylic acid groups (broad SMARTS) is 4. The van der Waals surface area contributed by atoms with Gasteiger partial charge in [0.25, 0.3) is 0 Å². The number of allylic oxidation sites excluding steroid dienone is 12. The highest BCUT2D eigenvalue weighted by molar-refractivity contribution is 6.07. The fourth-order valence-electron chi connectivity index (χ4n) is 18.2. The van der Waals surface area contributed by atoms with Crippen molar-refractivity contribution in [3.8, 4) is 33.8 Å². The van der Waals surface area contributed by atoms with Crippen molar-refractivity contribution >= 4 is 71.4 Å². The summed E-state index contributed by atoms with van der Waals surface area (Å²) in [5.41, 5.74) is 8.70. The molecule has 28 heteroatoms. The Morgan fingerprint density at radius 2 is 0.816 bits per heavy atom. The lowest BCUT2D eigenvalue weighted by atomic mass is 9.60. The van der Waals surface area contributed by atoms with Gasteiger partial charge in [0.1, 0.15) is 57.2 Å². The van der Waals surface area contributed by atoms with E-state index in [4.69, 9.17) is 56.8 Å². The highest BCUT2D eigenvalue weighted by Crippen LogP contribution is 2.62. The summed E-state index contributed by atoms with van der Waals surface area (Å²) in [7, 11) is 1.52. The zero-order chi connectivity index (χ0) is 96.7. The van der Waals surface area contributed by atoms with E-state index in [1.165, 1.54) is 50.4 Å². The Labute approximate surface area is 784 Å². The number of benzene rings is 7. The number of rotatable bonds is 41. The number of fused-ring (bicyclic) bond motifs is 6. The van der Waals surface area contributed by atoms with Gasteiger partial charge < -0.3 is 77.3 Å². The van der Waals surface area contributed by atoms with Gasteiger partial charge in [0, 0.05) is 48.8 Å². The molecule has 14 rings (SSSR count). The summed E-state index contributed by atoms with van der Waals surface area (Å²) in [4.78, 5) is 149. The van der Waals surface area contributed by atoms with E-state index in [9.17, 15) is 78.0 Å². The van der Waals surface area contributed by atoms with Crippen LogP contribution in [-0.4, -0.2) is 188 Å². The number of carboxylic acids is 4. The molecule has 0 heterocycles. The highest BCUT2D eigenvalue weighted by Gasteiger charge is 2.55. The average molecular weight is 1850 g/mol. The third-order valence-corrected chi connectivity index (χ3v) is 24.8. The second-order valence-corrected chi connectivity index (χ2v) is 33.0. The monoisotopic (exact) mass is 1850 g/mol. The number of hydrogen-bond acceptors (Lipinski definition) is 24. The van der Waals surface area contributed by atoms with Gasteiger partial charge in [0.05, 0.1) is 76.6 Å². The number of aliphatic carboxylic acids is 2. The van der Waals surface area contributed by atoms with Crippen molar-refractivity contribution in [2.45, 2.75) is 98.8 Å². The number of esters is 7. The first-order chi connectivity index (χ1) is 65.7. The molecule has 28 nitrogen and oxygen atoms in total. The van der Waals surface area contributed by atoms with Gasteiger partial charge in [-0.1, -0.05) is 221 Å². The molecule has 7 aromatic carbocycles. The molecular formula is C108H102O28. The summed E-state index contributed by atoms with van der Waals surface area (Å²) >= 11 is 0. The Morgan fingerprint density at radius 3 is 1.25 bits per heavy atom. The van der Waals surface area contributed by atoms with Gasteiger partial charge >= 0.3 is 65.7 Å². The lowest BCUT2D eigenvalue weighted by Crippen LogP contribution is -2.38. The van der Waals surface area contributed by atoms with Crippen LogP contribution in [0.1, 0.15) is 126 Å². The van der Waals surface area contributed by atoms with Crippen LogP contribution in [-0.2, 0) is 96.6 Å². The predicted molar refractivity (Wildman–Crippen MR) is 497 cm³/mol. The van der Waals surface area contributed by atoms with E-state index in [0.717, 1.165) is 80.0 Å². The lowest BCUT2D eigenvalue weighted by molar-refractivity contribution is -0.170. The maximum atomic E-state index is 14.0. The van der Waals surface area contributed by atoms with Crippen LogP contribution in [0.25, 0.3) is 22.3 Å². The summed E-state index contributed by atoms with van der Waals surface area (Å²) in [6, 6.07) is 48.4. The fraction of sp³-hybridized carbons (Fsp3) is 0.278. The third kappa shape index (κ3) is 22.5. The molecule has 7 aromatic rings. The highest BCUT2D eigenvalue weighted by atomic mass is 16.6. The molecule has 0 spiro atoms. The second kappa shape index (κ2) is 45.4. The number of methoxy groups -OCH3 is 1. The number of Topliss-reactive ketones (excluding diaryl/α,β-unsaturated/α-hetero) is 1. The first-order valence-corrected chi connectivity index (χ1v) is 44.2.